The maximum absolute atomic E-state index is 4.52. The number of rotatable bonds is 1. The number of hydrogen-bond donors (Lipinski definition) is 0. The zero-order valence-electron chi connectivity index (χ0n) is 11.8. The van der Waals surface area contributed by atoms with E-state index in [1.807, 2.05) is 62.6 Å². The molecule has 0 spiro atoms. The molecule has 0 saturated carbocycles. The summed E-state index contributed by atoms with van der Waals surface area (Å²) in [7, 11) is 0. The Morgan fingerprint density at radius 1 is 0.947 bits per heavy atom. The molecule has 0 saturated heterocycles. The molecule has 0 fully saturated rings. The Morgan fingerprint density at radius 3 is 2.42 bits per heavy atom. The maximum Gasteiger partial charge on any atom is 0.142 e. The summed E-state index contributed by atoms with van der Waals surface area (Å²) in [5.74, 6) is 2.56. The number of fused-ring (bicyclic) bond motifs is 1. The molecule has 0 aliphatic rings. The fourth-order valence-corrected chi connectivity index (χ4v) is 2.00. The van der Waals surface area contributed by atoms with Crippen LogP contribution in [0.2, 0.25) is 0 Å². The van der Waals surface area contributed by atoms with Crippen LogP contribution in [0.3, 0.4) is 0 Å². The van der Waals surface area contributed by atoms with Crippen LogP contribution in [0, 0.1) is 13.8 Å². The minimum atomic E-state index is 0.764. The average molecular weight is 254 g/mol. The van der Waals surface area contributed by atoms with Gasteiger partial charge in [0.1, 0.15) is 17.5 Å². The molecule has 0 amide bonds. The summed E-state index contributed by atoms with van der Waals surface area (Å²) in [5.41, 5.74) is 2.06. The van der Waals surface area contributed by atoms with Gasteiger partial charge in [0.25, 0.3) is 0 Å². The SMILES string of the molecule is CC.Cc1nccc(-n2c(C)nc3ccccc32)n1. The fraction of sp³-hybridized carbons (Fsp3) is 0.267. The van der Waals surface area contributed by atoms with Crippen LogP contribution < -0.4 is 0 Å². The number of aromatic nitrogens is 4. The van der Waals surface area contributed by atoms with E-state index in [0.717, 1.165) is 28.5 Å². The summed E-state index contributed by atoms with van der Waals surface area (Å²) in [4.78, 5) is 13.1. The van der Waals surface area contributed by atoms with Gasteiger partial charge in [0, 0.05) is 6.20 Å². The van der Waals surface area contributed by atoms with Crippen LogP contribution in [0.4, 0.5) is 0 Å². The zero-order valence-corrected chi connectivity index (χ0v) is 11.8. The van der Waals surface area contributed by atoms with Gasteiger partial charge in [-0.05, 0) is 32.0 Å². The van der Waals surface area contributed by atoms with Crippen LogP contribution in [-0.4, -0.2) is 19.5 Å². The lowest BCUT2D eigenvalue weighted by molar-refractivity contribution is 0.918. The second kappa shape index (κ2) is 5.61. The van der Waals surface area contributed by atoms with Gasteiger partial charge in [0.2, 0.25) is 0 Å². The van der Waals surface area contributed by atoms with E-state index in [1.54, 1.807) is 6.20 Å². The van der Waals surface area contributed by atoms with E-state index in [4.69, 9.17) is 0 Å². The van der Waals surface area contributed by atoms with Crippen molar-refractivity contribution in [1.82, 2.24) is 19.5 Å². The van der Waals surface area contributed by atoms with Crippen LogP contribution in [0.5, 0.6) is 0 Å². The summed E-state index contributed by atoms with van der Waals surface area (Å²) in [6.07, 6.45) is 1.77. The normalized spacial score (nSPS) is 10.1. The Balaban J connectivity index is 0.000000637. The molecule has 0 radical (unpaired) electrons. The molecule has 2 heterocycles. The van der Waals surface area contributed by atoms with E-state index in [2.05, 4.69) is 15.0 Å². The van der Waals surface area contributed by atoms with Gasteiger partial charge in [-0.15, -0.1) is 0 Å². The standard InChI is InChI=1S/C13H12N4.C2H6/c1-9-14-8-7-13(15-9)17-10(2)16-11-5-3-4-6-12(11)17;1-2/h3-8H,1-2H3;1-2H3. The molecule has 1 aromatic carbocycles. The molecule has 98 valence electrons. The van der Waals surface area contributed by atoms with Gasteiger partial charge in [-0.3, -0.25) is 4.57 Å². The highest BCUT2D eigenvalue weighted by molar-refractivity contribution is 5.77. The predicted octanol–water partition coefficient (Wildman–Crippen LogP) is 3.46. The van der Waals surface area contributed by atoms with Crippen molar-refractivity contribution in [2.75, 3.05) is 0 Å². The van der Waals surface area contributed by atoms with E-state index in [0.29, 0.717) is 0 Å². The third-order valence-electron chi connectivity index (χ3n) is 2.72. The van der Waals surface area contributed by atoms with E-state index < -0.39 is 0 Å². The van der Waals surface area contributed by atoms with Gasteiger partial charge in [0.15, 0.2) is 0 Å². The summed E-state index contributed by atoms with van der Waals surface area (Å²) >= 11 is 0. The van der Waals surface area contributed by atoms with Crippen LogP contribution >= 0.6 is 0 Å². The summed E-state index contributed by atoms with van der Waals surface area (Å²) < 4.78 is 2.05. The topological polar surface area (TPSA) is 43.6 Å². The molecular formula is C15H18N4. The Kier molecular flexibility index (Phi) is 3.90. The van der Waals surface area contributed by atoms with E-state index >= 15 is 0 Å². The smallest absolute Gasteiger partial charge is 0.142 e. The third-order valence-corrected chi connectivity index (χ3v) is 2.72. The van der Waals surface area contributed by atoms with Crippen molar-refractivity contribution in [3.8, 4) is 5.82 Å². The average Bonchev–Trinajstić information content (AvgIpc) is 2.77. The Morgan fingerprint density at radius 2 is 1.68 bits per heavy atom. The van der Waals surface area contributed by atoms with Crippen molar-refractivity contribution >= 4 is 11.0 Å². The lowest BCUT2D eigenvalue weighted by Crippen LogP contribution is -2.01. The zero-order chi connectivity index (χ0) is 13.8. The molecule has 0 unspecified atom stereocenters. The van der Waals surface area contributed by atoms with Gasteiger partial charge < -0.3 is 0 Å². The molecule has 2 aromatic heterocycles. The quantitative estimate of drug-likeness (QED) is 0.668. The molecule has 0 aliphatic heterocycles. The largest absolute Gasteiger partial charge is 0.280 e. The van der Waals surface area contributed by atoms with E-state index in [9.17, 15) is 0 Å². The molecule has 0 N–H and O–H groups in total. The van der Waals surface area contributed by atoms with Crippen molar-refractivity contribution in [2.45, 2.75) is 27.7 Å². The lowest BCUT2D eigenvalue weighted by Gasteiger charge is -2.05. The Hall–Kier alpha value is -2.23. The summed E-state index contributed by atoms with van der Waals surface area (Å²) in [5, 5.41) is 0. The predicted molar refractivity (Wildman–Crippen MR) is 77.5 cm³/mol. The summed E-state index contributed by atoms with van der Waals surface area (Å²) in [6.45, 7) is 7.87. The van der Waals surface area contributed by atoms with Crippen molar-refractivity contribution in [3.63, 3.8) is 0 Å². The van der Waals surface area contributed by atoms with Crippen LogP contribution in [-0.2, 0) is 0 Å². The van der Waals surface area contributed by atoms with E-state index in [-0.39, 0.29) is 0 Å². The van der Waals surface area contributed by atoms with E-state index in [1.165, 1.54) is 0 Å². The molecule has 0 bridgehead atoms. The molecule has 0 aliphatic carbocycles. The number of nitrogens with zero attached hydrogens (tertiary/aromatic N) is 4. The highest BCUT2D eigenvalue weighted by atomic mass is 15.1. The first kappa shape index (κ1) is 13.2. The fourth-order valence-electron chi connectivity index (χ4n) is 2.00. The monoisotopic (exact) mass is 254 g/mol. The van der Waals surface area contributed by atoms with Gasteiger partial charge >= 0.3 is 0 Å². The van der Waals surface area contributed by atoms with Crippen LogP contribution in [0.15, 0.2) is 36.5 Å². The van der Waals surface area contributed by atoms with Crippen LogP contribution in [0.25, 0.3) is 16.9 Å². The molecule has 4 nitrogen and oxygen atoms in total. The number of benzene rings is 1. The molecule has 19 heavy (non-hydrogen) atoms. The Bertz CT molecular complexity index is 685. The lowest BCUT2D eigenvalue weighted by atomic mass is 10.3. The second-order valence-electron chi connectivity index (χ2n) is 3.95. The van der Waals surface area contributed by atoms with Crippen molar-refractivity contribution in [1.29, 1.82) is 0 Å². The highest BCUT2D eigenvalue weighted by Crippen LogP contribution is 2.19. The first-order valence-electron chi connectivity index (χ1n) is 6.50. The number of para-hydroxylation sites is 2. The number of imidazole rings is 1. The molecule has 3 aromatic rings. The number of aryl methyl sites for hydroxylation is 2. The maximum atomic E-state index is 4.52. The van der Waals surface area contributed by atoms with Gasteiger partial charge in [0.05, 0.1) is 11.0 Å². The third kappa shape index (κ3) is 2.47. The van der Waals surface area contributed by atoms with Gasteiger partial charge in [-0.2, -0.15) is 0 Å². The number of hydrogen-bond acceptors (Lipinski definition) is 3. The first-order chi connectivity index (χ1) is 9.25. The van der Waals surface area contributed by atoms with Gasteiger partial charge in [-0.1, -0.05) is 26.0 Å². The van der Waals surface area contributed by atoms with Crippen LogP contribution in [0.1, 0.15) is 25.5 Å². The molecular weight excluding hydrogens is 236 g/mol. The minimum Gasteiger partial charge on any atom is -0.280 e. The van der Waals surface area contributed by atoms with Crippen molar-refractivity contribution in [3.05, 3.63) is 48.2 Å². The van der Waals surface area contributed by atoms with Gasteiger partial charge in [-0.25, -0.2) is 15.0 Å². The minimum absolute atomic E-state index is 0.764. The van der Waals surface area contributed by atoms with Crippen molar-refractivity contribution < 1.29 is 0 Å². The Labute approximate surface area is 113 Å². The van der Waals surface area contributed by atoms with Crippen molar-refractivity contribution in [2.24, 2.45) is 0 Å². The second-order valence-corrected chi connectivity index (χ2v) is 3.95. The molecule has 4 heteroatoms. The summed E-state index contributed by atoms with van der Waals surface area (Å²) in [6, 6.07) is 9.95. The first-order valence-corrected chi connectivity index (χ1v) is 6.50. The highest BCUT2D eigenvalue weighted by Gasteiger charge is 2.09. The molecule has 0 atom stereocenters. The molecule has 3 rings (SSSR count).